The molecule has 0 bridgehead atoms. The van der Waals surface area contributed by atoms with Gasteiger partial charge in [0.1, 0.15) is 0 Å². The zero-order chi connectivity index (χ0) is 13.8. The lowest BCUT2D eigenvalue weighted by atomic mass is 10.2. The molecule has 3 amide bonds. The van der Waals surface area contributed by atoms with Gasteiger partial charge in [-0.25, -0.2) is 4.79 Å². The van der Waals surface area contributed by atoms with Gasteiger partial charge in [0.25, 0.3) is 0 Å². The van der Waals surface area contributed by atoms with E-state index in [1.165, 1.54) is 0 Å². The maximum atomic E-state index is 11.5. The lowest BCUT2D eigenvalue weighted by Gasteiger charge is -2.09. The third-order valence-corrected chi connectivity index (χ3v) is 2.74. The largest absolute Gasteiger partial charge is 0.335 e. The molecule has 0 spiro atoms. The van der Waals surface area contributed by atoms with Crippen LogP contribution >= 0.6 is 12.4 Å². The Bertz CT molecular complexity index is 472. The normalized spacial score (nSPS) is 14.7. The molecule has 1 aromatic rings. The van der Waals surface area contributed by atoms with Crippen molar-refractivity contribution in [3.05, 3.63) is 24.3 Å². The van der Waals surface area contributed by atoms with Gasteiger partial charge in [-0.3, -0.25) is 4.79 Å². The minimum Gasteiger partial charge on any atom is -0.335 e. The van der Waals surface area contributed by atoms with Crippen molar-refractivity contribution in [3.63, 3.8) is 0 Å². The number of rotatable bonds is 4. The van der Waals surface area contributed by atoms with Crippen LogP contribution in [0.1, 0.15) is 19.8 Å². The van der Waals surface area contributed by atoms with Gasteiger partial charge in [0, 0.05) is 17.4 Å². The maximum Gasteiger partial charge on any atom is 0.319 e. The predicted molar refractivity (Wildman–Crippen MR) is 81.1 cm³/mol. The molecule has 1 atom stereocenters. The van der Waals surface area contributed by atoms with E-state index >= 15 is 0 Å². The lowest BCUT2D eigenvalue weighted by Crippen LogP contribution is -2.32. The molecule has 110 valence electrons. The molecule has 0 aliphatic heterocycles. The summed E-state index contributed by atoms with van der Waals surface area (Å²) in [5, 5.41) is 8.23. The van der Waals surface area contributed by atoms with Crippen LogP contribution in [0, 0.1) is 0 Å². The molecule has 1 saturated carbocycles. The van der Waals surface area contributed by atoms with Crippen LogP contribution < -0.4 is 21.7 Å². The fraction of sp³-hybridized carbons (Fsp3) is 0.385. The monoisotopic (exact) mass is 298 g/mol. The number of carbonyl (C=O) groups is 2. The Morgan fingerprint density at radius 2 is 1.65 bits per heavy atom. The van der Waals surface area contributed by atoms with Crippen LogP contribution in [0.3, 0.4) is 0 Å². The van der Waals surface area contributed by atoms with Gasteiger partial charge in [-0.05, 0) is 44.0 Å². The number of benzene rings is 1. The van der Waals surface area contributed by atoms with E-state index in [9.17, 15) is 9.59 Å². The van der Waals surface area contributed by atoms with Crippen molar-refractivity contribution in [3.8, 4) is 0 Å². The van der Waals surface area contributed by atoms with Crippen LogP contribution in [0.2, 0.25) is 0 Å². The standard InChI is InChI=1S/C13H18N4O2.ClH/c1-8(14)12(18)15-9-2-4-10(5-3-9)16-13(19)17-11-6-7-11;/h2-5,8,11H,6-7,14H2,1H3,(H,15,18)(H2,16,17,19);1H/t8-;/m1./s1. The first-order valence-corrected chi connectivity index (χ1v) is 6.28. The van der Waals surface area contributed by atoms with E-state index in [0.717, 1.165) is 12.8 Å². The number of nitrogens with two attached hydrogens (primary N) is 1. The van der Waals surface area contributed by atoms with Crippen molar-refractivity contribution in [1.29, 1.82) is 0 Å². The van der Waals surface area contributed by atoms with E-state index in [4.69, 9.17) is 5.73 Å². The van der Waals surface area contributed by atoms with Crippen molar-refractivity contribution in [2.75, 3.05) is 10.6 Å². The second-order valence-corrected chi connectivity index (χ2v) is 4.73. The number of nitrogens with one attached hydrogen (secondary N) is 3. The molecular weight excluding hydrogens is 280 g/mol. The fourth-order valence-electron chi connectivity index (χ4n) is 1.47. The number of amides is 3. The molecule has 1 aliphatic rings. The molecule has 0 unspecified atom stereocenters. The maximum absolute atomic E-state index is 11.5. The second kappa shape index (κ2) is 7.12. The zero-order valence-corrected chi connectivity index (χ0v) is 12.0. The summed E-state index contributed by atoms with van der Waals surface area (Å²) in [7, 11) is 0. The van der Waals surface area contributed by atoms with Gasteiger partial charge in [-0.1, -0.05) is 0 Å². The van der Waals surface area contributed by atoms with Gasteiger partial charge in [-0.2, -0.15) is 0 Å². The third-order valence-electron chi connectivity index (χ3n) is 2.74. The van der Waals surface area contributed by atoms with Gasteiger partial charge in [0.05, 0.1) is 6.04 Å². The molecule has 0 saturated heterocycles. The van der Waals surface area contributed by atoms with Gasteiger partial charge < -0.3 is 21.7 Å². The van der Waals surface area contributed by atoms with Crippen LogP contribution in [-0.2, 0) is 4.79 Å². The highest BCUT2D eigenvalue weighted by Gasteiger charge is 2.23. The second-order valence-electron chi connectivity index (χ2n) is 4.73. The summed E-state index contributed by atoms with van der Waals surface area (Å²) in [5.74, 6) is -0.243. The first-order valence-electron chi connectivity index (χ1n) is 6.28. The van der Waals surface area contributed by atoms with E-state index < -0.39 is 6.04 Å². The summed E-state index contributed by atoms with van der Waals surface area (Å²) < 4.78 is 0. The summed E-state index contributed by atoms with van der Waals surface area (Å²) in [6, 6.07) is 6.45. The van der Waals surface area contributed by atoms with Gasteiger partial charge in [0.2, 0.25) is 5.91 Å². The topological polar surface area (TPSA) is 96.2 Å². The van der Waals surface area contributed by atoms with Gasteiger partial charge >= 0.3 is 6.03 Å². The van der Waals surface area contributed by atoms with Gasteiger partial charge in [-0.15, -0.1) is 12.4 Å². The first kappa shape index (κ1) is 16.3. The molecule has 6 nitrogen and oxygen atoms in total. The Labute approximate surface area is 123 Å². The van der Waals surface area contributed by atoms with Crippen LogP contribution in [0.15, 0.2) is 24.3 Å². The number of urea groups is 1. The van der Waals surface area contributed by atoms with Gasteiger partial charge in [0.15, 0.2) is 0 Å². The third kappa shape index (κ3) is 5.07. The van der Waals surface area contributed by atoms with Crippen LogP contribution in [0.4, 0.5) is 16.2 Å². The highest BCUT2D eigenvalue weighted by atomic mass is 35.5. The number of hydrogen-bond donors (Lipinski definition) is 4. The summed E-state index contributed by atoms with van der Waals surface area (Å²) in [4.78, 5) is 22.9. The first-order chi connectivity index (χ1) is 9.04. The van der Waals surface area contributed by atoms with E-state index in [2.05, 4.69) is 16.0 Å². The molecule has 1 fully saturated rings. The van der Waals surface area contributed by atoms with Crippen molar-refractivity contribution < 1.29 is 9.59 Å². The summed E-state index contributed by atoms with van der Waals surface area (Å²) in [6.07, 6.45) is 2.10. The molecule has 2 rings (SSSR count). The zero-order valence-electron chi connectivity index (χ0n) is 11.2. The van der Waals surface area contributed by atoms with Crippen molar-refractivity contribution in [1.82, 2.24) is 5.32 Å². The van der Waals surface area contributed by atoms with E-state index in [1.807, 2.05) is 0 Å². The average molecular weight is 299 g/mol. The highest BCUT2D eigenvalue weighted by Crippen LogP contribution is 2.19. The predicted octanol–water partition coefficient (Wildman–Crippen LogP) is 1.68. The van der Waals surface area contributed by atoms with Crippen LogP contribution in [0.25, 0.3) is 0 Å². The van der Waals surface area contributed by atoms with E-state index in [-0.39, 0.29) is 24.3 Å². The van der Waals surface area contributed by atoms with E-state index in [0.29, 0.717) is 17.4 Å². The minimum atomic E-state index is -0.554. The van der Waals surface area contributed by atoms with Crippen molar-refractivity contribution in [2.45, 2.75) is 31.8 Å². The van der Waals surface area contributed by atoms with Crippen LogP contribution in [0.5, 0.6) is 0 Å². The Morgan fingerprint density at radius 3 is 2.10 bits per heavy atom. The van der Waals surface area contributed by atoms with Crippen LogP contribution in [-0.4, -0.2) is 24.0 Å². The number of hydrogen-bond acceptors (Lipinski definition) is 3. The lowest BCUT2D eigenvalue weighted by molar-refractivity contribution is -0.117. The number of anilines is 2. The number of carbonyl (C=O) groups excluding carboxylic acids is 2. The summed E-state index contributed by atoms with van der Waals surface area (Å²) in [6.45, 7) is 1.62. The quantitative estimate of drug-likeness (QED) is 0.681. The van der Waals surface area contributed by atoms with Crippen molar-refractivity contribution >= 4 is 35.7 Å². The Balaban J connectivity index is 0.00000200. The van der Waals surface area contributed by atoms with E-state index in [1.54, 1.807) is 31.2 Å². The molecule has 0 radical (unpaired) electrons. The summed E-state index contributed by atoms with van der Waals surface area (Å²) >= 11 is 0. The SMILES string of the molecule is C[C@@H](N)C(=O)Nc1ccc(NC(=O)NC2CC2)cc1.Cl. The number of halogens is 1. The Hall–Kier alpha value is -1.79. The Morgan fingerprint density at radius 1 is 1.15 bits per heavy atom. The fourth-order valence-corrected chi connectivity index (χ4v) is 1.47. The molecule has 0 aromatic heterocycles. The molecule has 20 heavy (non-hydrogen) atoms. The molecule has 7 heteroatoms. The molecule has 0 heterocycles. The molecule has 1 aromatic carbocycles. The molecule has 5 N–H and O–H groups in total. The highest BCUT2D eigenvalue weighted by molar-refractivity contribution is 5.95. The smallest absolute Gasteiger partial charge is 0.319 e. The minimum absolute atomic E-state index is 0. The molecule has 1 aliphatic carbocycles. The average Bonchev–Trinajstić information content (AvgIpc) is 3.15. The Kier molecular flexibility index (Phi) is 5.79. The van der Waals surface area contributed by atoms with Crippen molar-refractivity contribution in [2.24, 2.45) is 5.73 Å². The summed E-state index contributed by atoms with van der Waals surface area (Å²) in [5.41, 5.74) is 6.78. The molecular formula is C13H19ClN4O2.